The quantitative estimate of drug-likeness (QED) is 0.420. The lowest BCUT2D eigenvalue weighted by Gasteiger charge is -2.16. The normalized spacial score (nSPS) is 11.9. The van der Waals surface area contributed by atoms with Crippen LogP contribution in [0.25, 0.3) is 0 Å². The maximum Gasteiger partial charge on any atom is 0.529 e. The molecule has 0 aliphatic heterocycles. The van der Waals surface area contributed by atoms with E-state index in [-0.39, 0.29) is 12.4 Å². The van der Waals surface area contributed by atoms with Gasteiger partial charge in [-0.1, -0.05) is 0 Å². The predicted octanol–water partition coefficient (Wildman–Crippen LogP) is 1.92. The molecule has 0 N–H and O–H groups in total. The molecule has 0 radical (unpaired) electrons. The number of nitrogens with zero attached hydrogens (tertiary/aromatic N) is 1. The van der Waals surface area contributed by atoms with Crippen LogP contribution >= 0.6 is 7.82 Å². The maximum atomic E-state index is 11.6. The van der Waals surface area contributed by atoms with Crippen molar-refractivity contribution in [3.63, 3.8) is 0 Å². The molecule has 0 saturated heterocycles. The van der Waals surface area contributed by atoms with Crippen LogP contribution in [-0.2, 0) is 27.7 Å². The van der Waals surface area contributed by atoms with Gasteiger partial charge in [0, 0.05) is 27.3 Å². The van der Waals surface area contributed by atoms with Crippen molar-refractivity contribution in [2.24, 2.45) is 0 Å². The summed E-state index contributed by atoms with van der Waals surface area (Å²) in [6.07, 6.45) is 0.181. The Morgan fingerprint density at radius 1 is 1.26 bits per heavy atom. The second-order valence-corrected chi connectivity index (χ2v) is 5.06. The number of likely N-dealkylation sites (N-methyl/N-ethyl adjacent to an activating group) is 1. The number of phosphoric acid groups is 1. The first-order valence-electron chi connectivity index (χ1n) is 5.33. The van der Waals surface area contributed by atoms with Crippen molar-refractivity contribution < 1.29 is 32.5 Å². The van der Waals surface area contributed by atoms with E-state index in [9.17, 15) is 14.2 Å². The van der Waals surface area contributed by atoms with Crippen LogP contribution in [0.5, 0.6) is 0 Å². The number of ether oxygens (including phenoxy) is 1. The van der Waals surface area contributed by atoms with E-state index in [1.165, 1.54) is 14.0 Å². The molecule has 8 nitrogen and oxygen atoms in total. The summed E-state index contributed by atoms with van der Waals surface area (Å²) in [5, 5.41) is 0. The van der Waals surface area contributed by atoms with Crippen molar-refractivity contribution >= 4 is 19.8 Å². The van der Waals surface area contributed by atoms with Gasteiger partial charge in [0.2, 0.25) is 0 Å². The summed E-state index contributed by atoms with van der Waals surface area (Å²) in [7, 11) is -0.183. The summed E-state index contributed by atoms with van der Waals surface area (Å²) in [4.78, 5) is 23.7. The van der Waals surface area contributed by atoms with Crippen LogP contribution in [0, 0.1) is 0 Å². The topological polar surface area (TPSA) is 91.4 Å². The Morgan fingerprint density at radius 2 is 1.79 bits per heavy atom. The second-order valence-electron chi connectivity index (χ2n) is 3.25. The van der Waals surface area contributed by atoms with Gasteiger partial charge in [0.1, 0.15) is 5.76 Å². The van der Waals surface area contributed by atoms with Crippen LogP contribution < -0.4 is 0 Å². The number of hydrogen-bond donors (Lipinski definition) is 0. The number of carbonyl (C=O) groups is 2. The molecular formula is C10H18NO7P. The highest BCUT2D eigenvalue weighted by atomic mass is 31.2. The Hall–Kier alpha value is -1.37. The molecule has 0 aliphatic carbocycles. The Balaban J connectivity index is 4.72. The molecule has 2 amide bonds. The number of rotatable bonds is 6. The van der Waals surface area contributed by atoms with Gasteiger partial charge < -0.3 is 9.26 Å². The van der Waals surface area contributed by atoms with Gasteiger partial charge in [0.05, 0.1) is 6.61 Å². The summed E-state index contributed by atoms with van der Waals surface area (Å²) in [6, 6.07) is 0. The molecule has 0 aromatic heterocycles. The van der Waals surface area contributed by atoms with E-state index in [2.05, 4.69) is 13.8 Å². The summed E-state index contributed by atoms with van der Waals surface area (Å²) in [6.45, 7) is 3.15. The van der Waals surface area contributed by atoms with Crippen LogP contribution in [-0.4, -0.2) is 44.8 Å². The van der Waals surface area contributed by atoms with E-state index in [1.54, 1.807) is 6.92 Å². The third-order valence-corrected chi connectivity index (χ3v) is 3.31. The smallest absolute Gasteiger partial charge is 0.449 e. The van der Waals surface area contributed by atoms with Crippen molar-refractivity contribution in [2.75, 3.05) is 27.9 Å². The lowest BCUT2D eigenvalue weighted by Crippen LogP contribution is -2.32. The van der Waals surface area contributed by atoms with Gasteiger partial charge in [-0.15, -0.1) is 0 Å². The molecule has 0 heterocycles. The SMILES string of the molecule is CCOC(=O)N(C)C(=O)/C=C(/C)OP(=O)(OC)OC. The molecule has 0 atom stereocenters. The Kier molecular flexibility index (Phi) is 7.36. The Labute approximate surface area is 111 Å². The van der Waals surface area contributed by atoms with Gasteiger partial charge in [-0.25, -0.2) is 14.3 Å². The molecule has 0 spiro atoms. The Morgan fingerprint density at radius 3 is 2.21 bits per heavy atom. The van der Waals surface area contributed by atoms with Gasteiger partial charge in [0.15, 0.2) is 0 Å². The zero-order chi connectivity index (χ0) is 15.1. The molecule has 19 heavy (non-hydrogen) atoms. The molecule has 9 heteroatoms. The summed E-state index contributed by atoms with van der Waals surface area (Å²) in [5.74, 6) is -0.706. The highest BCUT2D eigenvalue weighted by molar-refractivity contribution is 7.48. The zero-order valence-corrected chi connectivity index (χ0v) is 12.4. The van der Waals surface area contributed by atoms with E-state index in [0.717, 1.165) is 25.2 Å². The number of amides is 2. The number of carbonyl (C=O) groups excluding carboxylic acids is 2. The minimum atomic E-state index is -3.72. The number of allylic oxidation sites excluding steroid dienone is 1. The molecule has 0 aliphatic rings. The molecule has 110 valence electrons. The minimum Gasteiger partial charge on any atom is -0.449 e. The van der Waals surface area contributed by atoms with Crippen LogP contribution in [0.15, 0.2) is 11.8 Å². The van der Waals surface area contributed by atoms with Crippen molar-refractivity contribution in [3.8, 4) is 0 Å². The fraction of sp³-hybridized carbons (Fsp3) is 0.600. The predicted molar refractivity (Wildman–Crippen MR) is 66.3 cm³/mol. The maximum absolute atomic E-state index is 11.6. The molecule has 0 saturated carbocycles. The first kappa shape index (κ1) is 17.6. The molecule has 0 bridgehead atoms. The third kappa shape index (κ3) is 5.87. The van der Waals surface area contributed by atoms with E-state index < -0.39 is 19.8 Å². The lowest BCUT2D eigenvalue weighted by atomic mass is 10.4. The lowest BCUT2D eigenvalue weighted by molar-refractivity contribution is -0.123. The van der Waals surface area contributed by atoms with Crippen LogP contribution in [0.2, 0.25) is 0 Å². The molecule has 0 aromatic rings. The van der Waals surface area contributed by atoms with Gasteiger partial charge in [-0.2, -0.15) is 0 Å². The molecule has 0 rings (SSSR count). The summed E-state index contributed by atoms with van der Waals surface area (Å²) in [5.41, 5.74) is 0. The largest absolute Gasteiger partial charge is 0.529 e. The standard InChI is InChI=1S/C10H18NO7P/c1-6-17-10(13)11(3)9(12)7-8(2)18-19(14,15-4)16-5/h7H,6H2,1-5H3/b8-7-. The van der Waals surface area contributed by atoms with Crippen molar-refractivity contribution in [3.05, 3.63) is 11.8 Å². The second kappa shape index (κ2) is 7.93. The van der Waals surface area contributed by atoms with Crippen molar-refractivity contribution in [1.29, 1.82) is 0 Å². The average Bonchev–Trinajstić information content (AvgIpc) is 2.37. The zero-order valence-electron chi connectivity index (χ0n) is 11.5. The number of hydrogen-bond acceptors (Lipinski definition) is 7. The highest BCUT2D eigenvalue weighted by Crippen LogP contribution is 2.49. The average molecular weight is 295 g/mol. The first-order chi connectivity index (χ1) is 8.79. The highest BCUT2D eigenvalue weighted by Gasteiger charge is 2.25. The van der Waals surface area contributed by atoms with Gasteiger partial charge in [0.25, 0.3) is 5.91 Å². The van der Waals surface area contributed by atoms with E-state index in [4.69, 9.17) is 4.52 Å². The molecule has 0 fully saturated rings. The van der Waals surface area contributed by atoms with Crippen LogP contribution in [0.1, 0.15) is 13.8 Å². The summed E-state index contributed by atoms with van der Waals surface area (Å²) >= 11 is 0. The van der Waals surface area contributed by atoms with Gasteiger partial charge in [-0.05, 0) is 13.8 Å². The molecule has 0 unspecified atom stereocenters. The third-order valence-electron chi connectivity index (χ3n) is 1.90. The molecule has 0 aromatic carbocycles. The van der Waals surface area contributed by atoms with Crippen LogP contribution in [0.3, 0.4) is 0 Å². The van der Waals surface area contributed by atoms with Gasteiger partial charge in [-0.3, -0.25) is 13.8 Å². The van der Waals surface area contributed by atoms with Crippen molar-refractivity contribution in [1.82, 2.24) is 4.90 Å². The first-order valence-corrected chi connectivity index (χ1v) is 6.79. The minimum absolute atomic E-state index is 0.0202. The monoisotopic (exact) mass is 295 g/mol. The molecular weight excluding hydrogens is 277 g/mol. The summed E-state index contributed by atoms with van der Waals surface area (Å²) < 4.78 is 30.2. The van der Waals surface area contributed by atoms with E-state index in [0.29, 0.717) is 0 Å². The Bertz CT molecular complexity index is 399. The van der Waals surface area contributed by atoms with Crippen LogP contribution in [0.4, 0.5) is 4.79 Å². The fourth-order valence-corrected chi connectivity index (χ4v) is 1.64. The number of phosphoric ester groups is 1. The number of imide groups is 1. The van der Waals surface area contributed by atoms with E-state index in [1.807, 2.05) is 0 Å². The van der Waals surface area contributed by atoms with Crippen molar-refractivity contribution in [2.45, 2.75) is 13.8 Å². The van der Waals surface area contributed by atoms with Gasteiger partial charge >= 0.3 is 13.9 Å². The van der Waals surface area contributed by atoms with E-state index >= 15 is 0 Å². The fourth-order valence-electron chi connectivity index (χ4n) is 0.933.